The number of halogens is 1. The van der Waals surface area contributed by atoms with Crippen molar-refractivity contribution in [2.45, 2.75) is 6.92 Å². The highest BCUT2D eigenvalue weighted by Crippen LogP contribution is 2.30. The second kappa shape index (κ2) is 8.87. The smallest absolute Gasteiger partial charge is 0.266 e. The summed E-state index contributed by atoms with van der Waals surface area (Å²) in [4.78, 5) is 39.8. The summed E-state index contributed by atoms with van der Waals surface area (Å²) in [5.74, 6) is -1.98. The standard InChI is InChI=1S/C28H20FN3O3/c1-17-6-11-20(12-7-17)30-24-4-2-3-5-25(24)31-26(33)18-8-15-22-23(16-18)28(35)32(27(22)34)21-13-9-19(29)10-14-21/h2-16,30H,1H3,(H,31,33). The molecule has 5 rings (SSSR count). The van der Waals surface area contributed by atoms with E-state index in [1.165, 1.54) is 42.5 Å². The van der Waals surface area contributed by atoms with Crippen LogP contribution in [-0.2, 0) is 0 Å². The summed E-state index contributed by atoms with van der Waals surface area (Å²) in [6.45, 7) is 2.01. The van der Waals surface area contributed by atoms with Crippen molar-refractivity contribution in [3.63, 3.8) is 0 Å². The van der Waals surface area contributed by atoms with Gasteiger partial charge in [0.05, 0.1) is 28.2 Å². The highest BCUT2D eigenvalue weighted by atomic mass is 19.1. The van der Waals surface area contributed by atoms with Gasteiger partial charge in [0, 0.05) is 11.3 Å². The number of benzene rings is 4. The minimum absolute atomic E-state index is 0.123. The van der Waals surface area contributed by atoms with Gasteiger partial charge in [0.15, 0.2) is 0 Å². The second-order valence-corrected chi connectivity index (χ2v) is 8.17. The summed E-state index contributed by atoms with van der Waals surface area (Å²) < 4.78 is 13.3. The molecule has 1 heterocycles. The minimum atomic E-state index is -0.562. The first kappa shape index (κ1) is 22.0. The molecule has 1 aliphatic heterocycles. The quantitative estimate of drug-likeness (QED) is 0.358. The van der Waals surface area contributed by atoms with Gasteiger partial charge in [0.25, 0.3) is 17.7 Å². The van der Waals surface area contributed by atoms with Crippen LogP contribution in [0.15, 0.2) is 91.0 Å². The molecule has 0 fully saturated rings. The van der Waals surface area contributed by atoms with Crippen LogP contribution in [0.1, 0.15) is 36.6 Å². The third-order valence-corrected chi connectivity index (χ3v) is 5.74. The minimum Gasteiger partial charge on any atom is -0.354 e. The topological polar surface area (TPSA) is 78.5 Å². The molecule has 0 bridgehead atoms. The molecule has 0 saturated heterocycles. The molecule has 35 heavy (non-hydrogen) atoms. The summed E-state index contributed by atoms with van der Waals surface area (Å²) in [7, 11) is 0. The largest absolute Gasteiger partial charge is 0.354 e. The van der Waals surface area contributed by atoms with Gasteiger partial charge in [-0.2, -0.15) is 0 Å². The molecule has 3 amide bonds. The van der Waals surface area contributed by atoms with Crippen molar-refractivity contribution >= 4 is 40.5 Å². The fourth-order valence-corrected chi connectivity index (χ4v) is 3.89. The lowest BCUT2D eigenvalue weighted by atomic mass is 10.1. The van der Waals surface area contributed by atoms with E-state index in [1.54, 1.807) is 12.1 Å². The molecular formula is C28H20FN3O3. The van der Waals surface area contributed by atoms with E-state index < -0.39 is 23.5 Å². The Balaban J connectivity index is 1.38. The number of hydrogen-bond donors (Lipinski definition) is 2. The molecule has 0 unspecified atom stereocenters. The van der Waals surface area contributed by atoms with Gasteiger partial charge < -0.3 is 10.6 Å². The molecule has 0 spiro atoms. The Labute approximate surface area is 201 Å². The first-order chi connectivity index (χ1) is 16.9. The molecule has 172 valence electrons. The number of imide groups is 1. The molecule has 2 N–H and O–H groups in total. The van der Waals surface area contributed by atoms with E-state index in [0.717, 1.165) is 16.2 Å². The van der Waals surface area contributed by atoms with Gasteiger partial charge in [-0.1, -0.05) is 29.8 Å². The van der Waals surface area contributed by atoms with Crippen LogP contribution in [0.5, 0.6) is 0 Å². The Morgan fingerprint density at radius 1 is 0.771 bits per heavy atom. The average Bonchev–Trinajstić information content (AvgIpc) is 3.11. The van der Waals surface area contributed by atoms with Crippen LogP contribution in [0, 0.1) is 12.7 Å². The molecular weight excluding hydrogens is 445 g/mol. The van der Waals surface area contributed by atoms with Crippen molar-refractivity contribution < 1.29 is 18.8 Å². The molecule has 7 heteroatoms. The predicted molar refractivity (Wildman–Crippen MR) is 133 cm³/mol. The lowest BCUT2D eigenvalue weighted by Gasteiger charge is -2.14. The molecule has 1 aliphatic rings. The number of amides is 3. The van der Waals surface area contributed by atoms with Crippen LogP contribution < -0.4 is 15.5 Å². The lowest BCUT2D eigenvalue weighted by molar-refractivity contribution is 0.0925. The number of carbonyl (C=O) groups excluding carboxylic acids is 3. The van der Waals surface area contributed by atoms with E-state index in [-0.39, 0.29) is 22.4 Å². The zero-order valence-electron chi connectivity index (χ0n) is 18.7. The molecule has 0 aromatic heterocycles. The molecule has 6 nitrogen and oxygen atoms in total. The number of carbonyl (C=O) groups is 3. The van der Waals surface area contributed by atoms with Crippen LogP contribution in [0.4, 0.5) is 27.1 Å². The molecule has 4 aromatic carbocycles. The Bertz CT molecular complexity index is 1460. The third kappa shape index (κ3) is 4.27. The summed E-state index contributed by atoms with van der Waals surface area (Å²) in [5.41, 5.74) is 4.10. The lowest BCUT2D eigenvalue weighted by Crippen LogP contribution is -2.29. The molecule has 0 radical (unpaired) electrons. The van der Waals surface area contributed by atoms with Crippen molar-refractivity contribution in [1.29, 1.82) is 0 Å². The second-order valence-electron chi connectivity index (χ2n) is 8.17. The molecule has 4 aromatic rings. The number of aryl methyl sites for hydroxylation is 1. The highest BCUT2D eigenvalue weighted by molar-refractivity contribution is 6.34. The van der Waals surface area contributed by atoms with Gasteiger partial charge in [-0.15, -0.1) is 0 Å². The van der Waals surface area contributed by atoms with E-state index in [1.807, 2.05) is 43.3 Å². The van der Waals surface area contributed by atoms with Crippen LogP contribution in [0.2, 0.25) is 0 Å². The fraction of sp³-hybridized carbons (Fsp3) is 0.0357. The summed E-state index contributed by atoms with van der Waals surface area (Å²) in [5, 5.41) is 6.16. The van der Waals surface area contributed by atoms with Crippen LogP contribution in [0.3, 0.4) is 0 Å². The van der Waals surface area contributed by atoms with Crippen molar-refractivity contribution in [1.82, 2.24) is 0 Å². The number of fused-ring (bicyclic) bond motifs is 1. The van der Waals surface area contributed by atoms with Crippen molar-refractivity contribution in [3.05, 3.63) is 119 Å². The van der Waals surface area contributed by atoms with E-state index in [9.17, 15) is 18.8 Å². The van der Waals surface area contributed by atoms with Crippen LogP contribution >= 0.6 is 0 Å². The normalized spacial score (nSPS) is 12.5. The first-order valence-corrected chi connectivity index (χ1v) is 10.9. The van der Waals surface area contributed by atoms with Crippen LogP contribution in [0.25, 0.3) is 0 Å². The summed E-state index contributed by atoms with van der Waals surface area (Å²) in [6.07, 6.45) is 0. The van der Waals surface area contributed by atoms with Crippen molar-refractivity contribution in [3.8, 4) is 0 Å². The summed E-state index contributed by atoms with van der Waals surface area (Å²) >= 11 is 0. The van der Waals surface area contributed by atoms with Crippen molar-refractivity contribution in [2.24, 2.45) is 0 Å². The first-order valence-electron chi connectivity index (χ1n) is 10.9. The zero-order valence-corrected chi connectivity index (χ0v) is 18.7. The van der Waals surface area contributed by atoms with E-state index >= 15 is 0 Å². The fourth-order valence-electron chi connectivity index (χ4n) is 3.89. The van der Waals surface area contributed by atoms with Crippen molar-refractivity contribution in [2.75, 3.05) is 15.5 Å². The van der Waals surface area contributed by atoms with Gasteiger partial charge in [0.1, 0.15) is 5.82 Å². The van der Waals surface area contributed by atoms with Gasteiger partial charge in [-0.05, 0) is 73.7 Å². The maximum Gasteiger partial charge on any atom is 0.266 e. The number of rotatable bonds is 5. The van der Waals surface area contributed by atoms with Gasteiger partial charge in [-0.25, -0.2) is 9.29 Å². The van der Waals surface area contributed by atoms with E-state index in [0.29, 0.717) is 11.4 Å². The molecule has 0 aliphatic carbocycles. The third-order valence-electron chi connectivity index (χ3n) is 5.74. The monoisotopic (exact) mass is 465 g/mol. The maximum absolute atomic E-state index is 13.3. The van der Waals surface area contributed by atoms with Gasteiger partial charge in [0.2, 0.25) is 0 Å². The van der Waals surface area contributed by atoms with E-state index in [2.05, 4.69) is 10.6 Å². The Hall–Kier alpha value is -4.78. The maximum atomic E-state index is 13.3. The summed E-state index contributed by atoms with van der Waals surface area (Å²) in [6, 6.07) is 24.6. The number of anilines is 4. The van der Waals surface area contributed by atoms with E-state index in [4.69, 9.17) is 0 Å². The predicted octanol–water partition coefficient (Wildman–Crippen LogP) is 5.93. The Morgan fingerprint density at radius 2 is 1.43 bits per heavy atom. The highest BCUT2D eigenvalue weighted by Gasteiger charge is 2.37. The molecule has 0 saturated carbocycles. The number of nitrogens with one attached hydrogen (secondary N) is 2. The number of para-hydroxylation sites is 2. The number of hydrogen-bond acceptors (Lipinski definition) is 4. The zero-order chi connectivity index (χ0) is 24.5. The average molecular weight is 465 g/mol. The van der Waals surface area contributed by atoms with Gasteiger partial charge in [-0.3, -0.25) is 14.4 Å². The molecule has 0 atom stereocenters. The Morgan fingerprint density at radius 3 is 2.14 bits per heavy atom. The Kier molecular flexibility index (Phi) is 5.58. The SMILES string of the molecule is Cc1ccc(Nc2ccccc2NC(=O)c2ccc3c(c2)C(=O)N(c2ccc(F)cc2)C3=O)cc1. The van der Waals surface area contributed by atoms with Crippen LogP contribution in [-0.4, -0.2) is 17.7 Å². The number of nitrogens with zero attached hydrogens (tertiary/aromatic N) is 1. The van der Waals surface area contributed by atoms with Gasteiger partial charge >= 0.3 is 0 Å².